The summed E-state index contributed by atoms with van der Waals surface area (Å²) in [5, 5.41) is 3.80. The van der Waals surface area contributed by atoms with Gasteiger partial charge in [0.1, 0.15) is 18.1 Å². The molecule has 0 spiro atoms. The Balaban J connectivity index is 1.48. The molecule has 0 bridgehead atoms. The molecule has 0 saturated heterocycles. The Morgan fingerprint density at radius 2 is 2.00 bits per heavy atom. The SMILES string of the molecule is COc1ccccc1C(=O)NCC#CCOc1ccc2cccnc2c1. The van der Waals surface area contributed by atoms with Crippen LogP contribution in [0.4, 0.5) is 0 Å². The highest BCUT2D eigenvalue weighted by Crippen LogP contribution is 2.18. The summed E-state index contributed by atoms with van der Waals surface area (Å²) in [4.78, 5) is 16.4. The van der Waals surface area contributed by atoms with E-state index in [9.17, 15) is 4.79 Å². The van der Waals surface area contributed by atoms with Crippen molar-refractivity contribution >= 4 is 16.8 Å². The molecule has 0 aliphatic rings. The van der Waals surface area contributed by atoms with E-state index in [1.807, 2.05) is 36.4 Å². The van der Waals surface area contributed by atoms with E-state index < -0.39 is 0 Å². The third kappa shape index (κ3) is 4.31. The lowest BCUT2D eigenvalue weighted by molar-refractivity contribution is 0.0955. The molecule has 1 N–H and O–H groups in total. The summed E-state index contributed by atoms with van der Waals surface area (Å²) in [5.74, 6) is 6.77. The van der Waals surface area contributed by atoms with E-state index in [4.69, 9.17) is 9.47 Å². The predicted octanol–water partition coefficient (Wildman–Crippen LogP) is 3.06. The molecule has 130 valence electrons. The Bertz CT molecular complexity index is 973. The number of carbonyl (C=O) groups excluding carboxylic acids is 1. The molecule has 0 aliphatic carbocycles. The van der Waals surface area contributed by atoms with E-state index in [-0.39, 0.29) is 19.1 Å². The molecule has 26 heavy (non-hydrogen) atoms. The minimum Gasteiger partial charge on any atom is -0.496 e. The van der Waals surface area contributed by atoms with Crippen molar-refractivity contribution < 1.29 is 14.3 Å². The summed E-state index contributed by atoms with van der Waals surface area (Å²) in [5.41, 5.74) is 1.36. The highest BCUT2D eigenvalue weighted by Gasteiger charge is 2.09. The highest BCUT2D eigenvalue weighted by molar-refractivity contribution is 5.97. The third-order valence-electron chi connectivity index (χ3n) is 3.70. The molecule has 1 amide bonds. The van der Waals surface area contributed by atoms with Crippen molar-refractivity contribution in [2.24, 2.45) is 0 Å². The zero-order chi connectivity index (χ0) is 18.2. The van der Waals surface area contributed by atoms with Gasteiger partial charge in [0.05, 0.1) is 24.7 Å². The van der Waals surface area contributed by atoms with Crippen LogP contribution in [-0.4, -0.2) is 31.2 Å². The first kappa shape index (κ1) is 17.3. The Hall–Kier alpha value is -3.52. The van der Waals surface area contributed by atoms with Crippen LogP contribution in [0.2, 0.25) is 0 Å². The fourth-order valence-electron chi connectivity index (χ4n) is 2.42. The lowest BCUT2D eigenvalue weighted by Gasteiger charge is -2.07. The molecular formula is C21H18N2O3. The normalized spacial score (nSPS) is 9.88. The van der Waals surface area contributed by atoms with Gasteiger partial charge in [-0.15, -0.1) is 0 Å². The van der Waals surface area contributed by atoms with E-state index >= 15 is 0 Å². The van der Waals surface area contributed by atoms with Crippen LogP contribution >= 0.6 is 0 Å². The number of nitrogens with zero attached hydrogens (tertiary/aromatic N) is 1. The largest absolute Gasteiger partial charge is 0.496 e. The Morgan fingerprint density at radius 1 is 1.12 bits per heavy atom. The number of aromatic nitrogens is 1. The first-order chi connectivity index (χ1) is 12.8. The van der Waals surface area contributed by atoms with Crippen molar-refractivity contribution in [1.29, 1.82) is 0 Å². The average molecular weight is 346 g/mol. The van der Waals surface area contributed by atoms with Gasteiger partial charge < -0.3 is 14.8 Å². The maximum absolute atomic E-state index is 12.1. The summed E-state index contributed by atoms with van der Waals surface area (Å²) >= 11 is 0. The van der Waals surface area contributed by atoms with Crippen LogP contribution in [0.15, 0.2) is 60.8 Å². The number of benzene rings is 2. The molecule has 0 atom stereocenters. The molecule has 0 radical (unpaired) electrons. The monoisotopic (exact) mass is 346 g/mol. The molecular weight excluding hydrogens is 328 g/mol. The molecule has 0 fully saturated rings. The number of methoxy groups -OCH3 is 1. The fraction of sp³-hybridized carbons (Fsp3) is 0.143. The Labute approximate surface area is 152 Å². The fourth-order valence-corrected chi connectivity index (χ4v) is 2.42. The van der Waals surface area contributed by atoms with Crippen LogP contribution in [0.1, 0.15) is 10.4 Å². The maximum Gasteiger partial charge on any atom is 0.255 e. The second kappa shape index (κ2) is 8.54. The van der Waals surface area contributed by atoms with Gasteiger partial charge in [-0.3, -0.25) is 9.78 Å². The second-order valence-electron chi connectivity index (χ2n) is 5.38. The van der Waals surface area contributed by atoms with Crippen molar-refractivity contribution in [3.63, 3.8) is 0 Å². The number of carbonyl (C=O) groups is 1. The van der Waals surface area contributed by atoms with Crippen molar-refractivity contribution in [3.05, 3.63) is 66.4 Å². The van der Waals surface area contributed by atoms with Gasteiger partial charge in [0.2, 0.25) is 0 Å². The van der Waals surface area contributed by atoms with Gasteiger partial charge in [-0.25, -0.2) is 0 Å². The number of pyridine rings is 1. The molecule has 3 aromatic rings. The zero-order valence-electron chi connectivity index (χ0n) is 14.4. The number of rotatable bonds is 5. The van der Waals surface area contributed by atoms with E-state index in [1.54, 1.807) is 24.4 Å². The van der Waals surface area contributed by atoms with Gasteiger partial charge >= 0.3 is 0 Å². The van der Waals surface area contributed by atoms with Gasteiger partial charge in [-0.2, -0.15) is 0 Å². The van der Waals surface area contributed by atoms with Gasteiger partial charge in [0.15, 0.2) is 0 Å². The standard InChI is InChI=1S/C21H18N2O3/c1-25-20-9-3-2-8-18(20)21(24)23-12-4-5-14-26-17-11-10-16-7-6-13-22-19(16)15-17/h2-3,6-11,13,15H,12,14H2,1H3,(H,23,24). The number of ether oxygens (including phenoxy) is 2. The van der Waals surface area contributed by atoms with Crippen LogP contribution in [0.25, 0.3) is 10.9 Å². The van der Waals surface area contributed by atoms with E-state index in [0.717, 1.165) is 10.9 Å². The number of nitrogens with one attached hydrogen (secondary N) is 1. The van der Waals surface area contributed by atoms with E-state index in [2.05, 4.69) is 22.1 Å². The van der Waals surface area contributed by atoms with Gasteiger partial charge in [-0.1, -0.05) is 30.0 Å². The van der Waals surface area contributed by atoms with Crippen molar-refractivity contribution in [2.75, 3.05) is 20.3 Å². The molecule has 5 heteroatoms. The summed E-state index contributed by atoms with van der Waals surface area (Å²) in [7, 11) is 1.53. The maximum atomic E-state index is 12.1. The van der Waals surface area contributed by atoms with Crippen molar-refractivity contribution in [3.8, 4) is 23.3 Å². The number of amides is 1. The van der Waals surface area contributed by atoms with Crippen molar-refractivity contribution in [2.45, 2.75) is 0 Å². The van der Waals surface area contributed by atoms with Gasteiger partial charge in [0.25, 0.3) is 5.91 Å². The Kier molecular flexibility index (Phi) is 5.69. The molecule has 3 rings (SSSR count). The Morgan fingerprint density at radius 3 is 2.88 bits per heavy atom. The summed E-state index contributed by atoms with van der Waals surface area (Å²) in [6.45, 7) is 0.475. The first-order valence-electron chi connectivity index (χ1n) is 8.12. The molecule has 0 unspecified atom stereocenters. The molecule has 2 aromatic carbocycles. The van der Waals surface area contributed by atoms with Crippen LogP contribution < -0.4 is 14.8 Å². The lowest BCUT2D eigenvalue weighted by Crippen LogP contribution is -2.24. The number of fused-ring (bicyclic) bond motifs is 1. The summed E-state index contributed by atoms with van der Waals surface area (Å²) in [6.07, 6.45) is 1.75. The van der Waals surface area contributed by atoms with Gasteiger partial charge in [0, 0.05) is 17.6 Å². The second-order valence-corrected chi connectivity index (χ2v) is 5.38. The van der Waals surface area contributed by atoms with Crippen molar-refractivity contribution in [1.82, 2.24) is 10.3 Å². The zero-order valence-corrected chi connectivity index (χ0v) is 14.4. The molecule has 1 heterocycles. The summed E-state index contributed by atoms with van der Waals surface area (Å²) in [6, 6.07) is 16.7. The third-order valence-corrected chi connectivity index (χ3v) is 3.70. The molecule has 0 saturated carbocycles. The van der Waals surface area contributed by atoms with E-state index in [0.29, 0.717) is 17.1 Å². The molecule has 5 nitrogen and oxygen atoms in total. The number of para-hydroxylation sites is 1. The van der Waals surface area contributed by atoms with E-state index in [1.165, 1.54) is 7.11 Å². The average Bonchev–Trinajstić information content (AvgIpc) is 2.70. The van der Waals surface area contributed by atoms with Gasteiger partial charge in [-0.05, 0) is 30.3 Å². The smallest absolute Gasteiger partial charge is 0.255 e. The highest BCUT2D eigenvalue weighted by atomic mass is 16.5. The quantitative estimate of drug-likeness (QED) is 0.722. The molecule has 0 aliphatic heterocycles. The molecule has 1 aromatic heterocycles. The lowest BCUT2D eigenvalue weighted by atomic mass is 10.2. The number of hydrogen-bond acceptors (Lipinski definition) is 4. The minimum absolute atomic E-state index is 0.224. The number of hydrogen-bond donors (Lipinski definition) is 1. The minimum atomic E-state index is -0.224. The topological polar surface area (TPSA) is 60.5 Å². The first-order valence-corrected chi connectivity index (χ1v) is 8.12. The van der Waals surface area contributed by atoms with Crippen LogP contribution in [0.3, 0.4) is 0 Å². The van der Waals surface area contributed by atoms with Crippen LogP contribution in [-0.2, 0) is 0 Å². The predicted molar refractivity (Wildman–Crippen MR) is 100 cm³/mol. The van der Waals surface area contributed by atoms with Crippen LogP contribution in [0, 0.1) is 11.8 Å². The summed E-state index contributed by atoms with van der Waals surface area (Å²) < 4.78 is 10.8. The van der Waals surface area contributed by atoms with Crippen LogP contribution in [0.5, 0.6) is 11.5 Å².